The van der Waals surface area contributed by atoms with E-state index in [2.05, 4.69) is 75.2 Å². The van der Waals surface area contributed by atoms with Crippen LogP contribution in [0.1, 0.15) is 74.4 Å². The molecule has 4 atom stereocenters. The molecule has 4 aliphatic rings. The molecule has 1 spiro atoms. The van der Waals surface area contributed by atoms with Gasteiger partial charge in [0.2, 0.25) is 11.8 Å². The molecule has 4 aliphatic heterocycles. The van der Waals surface area contributed by atoms with E-state index in [1.54, 1.807) is 11.1 Å². The van der Waals surface area contributed by atoms with Crippen LogP contribution in [0.5, 0.6) is 0 Å². The average Bonchev–Trinajstić information content (AvgIpc) is 4.11. The van der Waals surface area contributed by atoms with Gasteiger partial charge in [0, 0.05) is 26.2 Å². The second-order valence-electron chi connectivity index (χ2n) is 17.3. The number of aromatic nitrogens is 4. The number of aryl methyl sites for hydroxylation is 1. The summed E-state index contributed by atoms with van der Waals surface area (Å²) in [5.41, 5.74) is 8.71. The van der Waals surface area contributed by atoms with Gasteiger partial charge in [-0.1, -0.05) is 80.6 Å². The quantitative estimate of drug-likeness (QED) is 0.123. The summed E-state index contributed by atoms with van der Waals surface area (Å²) in [6.45, 7) is 5.72. The number of ether oxygens (including phenoxy) is 3. The zero-order valence-corrected chi connectivity index (χ0v) is 35.4. The number of nitrogens with one attached hydrogen (secondary N) is 4. The first-order valence-electron chi connectivity index (χ1n) is 21.4. The highest BCUT2D eigenvalue weighted by molar-refractivity contribution is 6.02. The number of para-hydroxylation sites is 1. The van der Waals surface area contributed by atoms with Gasteiger partial charge in [0.1, 0.15) is 23.7 Å². The Morgan fingerprint density at radius 3 is 1.98 bits per heavy atom. The fraction of sp³-hybridized carbons (Fsp3) is 0.404. The average molecular weight is 841 g/mol. The van der Waals surface area contributed by atoms with Crippen molar-refractivity contribution in [2.75, 3.05) is 38.9 Å². The van der Waals surface area contributed by atoms with Crippen molar-refractivity contribution in [3.05, 3.63) is 102 Å². The minimum atomic E-state index is -0.731. The van der Waals surface area contributed by atoms with Gasteiger partial charge in [-0.2, -0.15) is 0 Å². The predicted octanol–water partition coefficient (Wildman–Crippen LogP) is 6.89. The monoisotopic (exact) mass is 840 g/mol. The molecule has 3 aromatic carbocycles. The Hall–Kier alpha value is -6.48. The summed E-state index contributed by atoms with van der Waals surface area (Å²) in [6, 6.07) is 20.6. The number of rotatable bonds is 9. The van der Waals surface area contributed by atoms with Gasteiger partial charge in [0.15, 0.2) is 0 Å². The maximum atomic E-state index is 14.1. The number of aromatic amines is 2. The molecular formula is C47H52N8O7. The third kappa shape index (κ3) is 7.69. The zero-order chi connectivity index (χ0) is 43.1. The van der Waals surface area contributed by atoms with E-state index in [0.29, 0.717) is 44.8 Å². The molecule has 0 unspecified atom stereocenters. The van der Waals surface area contributed by atoms with Crippen molar-refractivity contribution in [3.63, 3.8) is 0 Å². The van der Waals surface area contributed by atoms with E-state index in [1.807, 2.05) is 37.1 Å². The van der Waals surface area contributed by atoms with Crippen LogP contribution in [0.3, 0.4) is 0 Å². The second kappa shape index (κ2) is 16.8. The minimum Gasteiger partial charge on any atom is -0.453 e. The van der Waals surface area contributed by atoms with Crippen LogP contribution in [-0.2, 0) is 36.6 Å². The molecule has 0 bridgehead atoms. The summed E-state index contributed by atoms with van der Waals surface area (Å²) in [6.07, 6.45) is 6.61. The number of methoxy groups -OCH3 is 2. The van der Waals surface area contributed by atoms with Gasteiger partial charge in [-0.3, -0.25) is 14.5 Å². The first-order chi connectivity index (χ1) is 30.0. The number of nitrogens with zero attached hydrogens (tertiary/aromatic N) is 4. The van der Waals surface area contributed by atoms with Crippen molar-refractivity contribution in [1.82, 2.24) is 35.5 Å². The molecule has 15 heteroatoms. The van der Waals surface area contributed by atoms with Gasteiger partial charge in [-0.15, -0.1) is 0 Å². The highest BCUT2D eigenvalue weighted by Gasteiger charge is 2.50. The van der Waals surface area contributed by atoms with Crippen molar-refractivity contribution >= 4 is 29.7 Å². The number of benzene rings is 3. The van der Waals surface area contributed by atoms with Gasteiger partial charge in [-0.05, 0) is 76.8 Å². The lowest BCUT2D eigenvalue weighted by Gasteiger charge is -2.34. The Labute approximate surface area is 359 Å². The third-order valence-corrected chi connectivity index (χ3v) is 13.2. The predicted molar refractivity (Wildman–Crippen MR) is 231 cm³/mol. The van der Waals surface area contributed by atoms with Crippen LogP contribution >= 0.6 is 0 Å². The highest BCUT2D eigenvalue weighted by atomic mass is 16.5. The summed E-state index contributed by atoms with van der Waals surface area (Å²) in [5.74, 6) is 0.948. The van der Waals surface area contributed by atoms with Crippen LogP contribution in [0.4, 0.5) is 15.3 Å². The van der Waals surface area contributed by atoms with Crippen LogP contribution in [-0.4, -0.2) is 94.9 Å². The smallest absolute Gasteiger partial charge is 0.407 e. The molecule has 0 aliphatic carbocycles. The second-order valence-corrected chi connectivity index (χ2v) is 17.3. The van der Waals surface area contributed by atoms with Crippen molar-refractivity contribution in [3.8, 4) is 33.6 Å². The number of hydrogen-bond donors (Lipinski definition) is 4. The van der Waals surface area contributed by atoms with Crippen LogP contribution in [0.15, 0.2) is 79.1 Å². The molecule has 62 heavy (non-hydrogen) atoms. The van der Waals surface area contributed by atoms with Gasteiger partial charge < -0.3 is 39.7 Å². The van der Waals surface area contributed by atoms with Crippen molar-refractivity contribution in [2.45, 2.75) is 76.5 Å². The molecular weight excluding hydrogens is 789 g/mol. The number of imidazole rings is 2. The molecule has 2 aromatic heterocycles. The van der Waals surface area contributed by atoms with Crippen LogP contribution in [0.2, 0.25) is 0 Å². The van der Waals surface area contributed by atoms with Crippen LogP contribution < -0.4 is 15.5 Å². The topological polar surface area (TPSA) is 184 Å². The van der Waals surface area contributed by atoms with Gasteiger partial charge in [0.05, 0.1) is 55.8 Å². The minimum absolute atomic E-state index is 0.0783. The molecule has 322 valence electrons. The first-order valence-corrected chi connectivity index (χ1v) is 21.4. The van der Waals surface area contributed by atoms with E-state index < -0.39 is 24.3 Å². The van der Waals surface area contributed by atoms with Gasteiger partial charge in [0.25, 0.3) is 0 Å². The number of likely N-dealkylation sites (tertiary alicyclic amines) is 1. The van der Waals surface area contributed by atoms with Crippen molar-refractivity contribution in [2.24, 2.45) is 11.3 Å². The lowest BCUT2D eigenvalue weighted by atomic mass is 9.78. The fourth-order valence-corrected chi connectivity index (χ4v) is 9.75. The van der Waals surface area contributed by atoms with Gasteiger partial charge in [-0.25, -0.2) is 19.6 Å². The normalized spacial score (nSPS) is 20.8. The Bertz CT molecular complexity index is 2470. The van der Waals surface area contributed by atoms with E-state index in [4.69, 9.17) is 24.2 Å². The molecule has 2 fully saturated rings. The SMILES string of the molecule is COC(=O)N[C@H]1CCc2cccc3c2N(C1=O)[C@H](c1ncc(-c2ccc(-c4ccc(-c5cnc([C@@H]6CC7(CCOCC7)CN6C(=O)[C@@H](NC(=O)OC)C(C)C)[nH]5)cc4)cc2)[nH]1)C3. The van der Waals surface area contributed by atoms with Crippen molar-refractivity contribution < 1.29 is 33.4 Å². The van der Waals surface area contributed by atoms with Crippen LogP contribution in [0, 0.1) is 11.3 Å². The largest absolute Gasteiger partial charge is 0.453 e. The Balaban J connectivity index is 0.902. The van der Waals surface area contributed by atoms with E-state index in [0.717, 1.165) is 75.5 Å². The number of alkyl carbamates (subject to hydrolysis) is 2. The zero-order valence-electron chi connectivity index (χ0n) is 35.4. The number of H-pyrrole nitrogens is 2. The maximum absolute atomic E-state index is 14.1. The van der Waals surface area contributed by atoms with E-state index >= 15 is 0 Å². The first kappa shape index (κ1) is 40.9. The Morgan fingerprint density at radius 2 is 1.39 bits per heavy atom. The number of anilines is 1. The summed E-state index contributed by atoms with van der Waals surface area (Å²) < 4.78 is 15.4. The van der Waals surface area contributed by atoms with E-state index in [-0.39, 0.29) is 35.2 Å². The number of hydrogen-bond acceptors (Lipinski definition) is 9. The number of carbonyl (C=O) groups excluding carboxylic acids is 4. The molecule has 4 amide bonds. The van der Waals surface area contributed by atoms with Crippen molar-refractivity contribution in [1.29, 1.82) is 0 Å². The number of amides is 4. The van der Waals surface area contributed by atoms with E-state index in [9.17, 15) is 19.2 Å². The molecule has 2 saturated heterocycles. The molecule has 6 heterocycles. The maximum Gasteiger partial charge on any atom is 0.407 e. The van der Waals surface area contributed by atoms with Gasteiger partial charge >= 0.3 is 12.2 Å². The lowest BCUT2D eigenvalue weighted by Crippen LogP contribution is -2.51. The summed E-state index contributed by atoms with van der Waals surface area (Å²) in [4.78, 5) is 72.8. The van der Waals surface area contributed by atoms with E-state index in [1.165, 1.54) is 14.2 Å². The third-order valence-electron chi connectivity index (χ3n) is 13.2. The van der Waals surface area contributed by atoms with Crippen LogP contribution in [0.25, 0.3) is 33.6 Å². The molecule has 0 saturated carbocycles. The summed E-state index contributed by atoms with van der Waals surface area (Å²) >= 11 is 0. The molecule has 0 radical (unpaired) electrons. The molecule has 9 rings (SSSR count). The fourth-order valence-electron chi connectivity index (χ4n) is 9.75. The number of carbonyl (C=O) groups is 4. The highest BCUT2D eigenvalue weighted by Crippen LogP contribution is 2.49. The Kier molecular flexibility index (Phi) is 11.1. The lowest BCUT2D eigenvalue weighted by molar-refractivity contribution is -0.136. The summed E-state index contributed by atoms with van der Waals surface area (Å²) in [7, 11) is 2.60. The summed E-state index contributed by atoms with van der Waals surface area (Å²) in [5, 5.41) is 5.50. The standard InChI is InChI=1S/C47H52N8O7/c1-27(2)39(53-46(59)61-4)44(57)54-26-47(18-20-62-21-19-47)23-38(54)42-49-25-36(51-42)31-14-10-29(11-15-31)28-8-12-30(13-9-28)35-24-48-41(50-35)37-22-33-7-5-6-32-16-17-34(52-45(58)60-3)43(56)55(37)40(32)33/h5-15,24-25,27,34,37-39H,16-23,26H2,1-4H3,(H,48,50)(H,49,51)(H,52,58)(H,53,59)/t34-,37-,38-,39-/m0/s1. The molecule has 4 N–H and O–H groups in total. The molecule has 15 nitrogen and oxygen atoms in total. The Morgan fingerprint density at radius 1 is 0.806 bits per heavy atom. The molecule has 5 aromatic rings.